The zero-order valence-corrected chi connectivity index (χ0v) is 20.0. The summed E-state index contributed by atoms with van der Waals surface area (Å²) >= 11 is 0. The number of anilines is 1. The number of rotatable bonds is 10. The molecule has 1 fully saturated rings. The fourth-order valence-corrected chi connectivity index (χ4v) is 4.13. The van der Waals surface area contributed by atoms with Gasteiger partial charge in [0.2, 0.25) is 11.9 Å². The van der Waals surface area contributed by atoms with Gasteiger partial charge in [-0.25, -0.2) is 9.78 Å². The van der Waals surface area contributed by atoms with Gasteiger partial charge in [-0.05, 0) is 50.1 Å². The highest BCUT2D eigenvalue weighted by Gasteiger charge is 2.49. The van der Waals surface area contributed by atoms with Gasteiger partial charge in [-0.15, -0.1) is 0 Å². The second kappa shape index (κ2) is 10.1. The van der Waals surface area contributed by atoms with Crippen LogP contribution >= 0.6 is 0 Å². The first-order valence-corrected chi connectivity index (χ1v) is 11.5. The zero-order valence-electron chi connectivity index (χ0n) is 20.0. The van der Waals surface area contributed by atoms with E-state index in [4.69, 9.17) is 9.47 Å². The fourth-order valence-electron chi connectivity index (χ4n) is 4.13. The van der Waals surface area contributed by atoms with Gasteiger partial charge in [-0.1, -0.05) is 24.3 Å². The summed E-state index contributed by atoms with van der Waals surface area (Å²) in [5, 5.41) is 5.48. The third-order valence-corrected chi connectivity index (χ3v) is 6.02. The summed E-state index contributed by atoms with van der Waals surface area (Å²) in [5.41, 5.74) is 0.925. The summed E-state index contributed by atoms with van der Waals surface area (Å²) in [6.45, 7) is 4.93. The summed E-state index contributed by atoms with van der Waals surface area (Å²) < 4.78 is 12.5. The van der Waals surface area contributed by atoms with E-state index in [-0.39, 0.29) is 0 Å². The average Bonchev–Trinajstić information content (AvgIpc) is 3.31. The number of nitrogens with one attached hydrogen (secondary N) is 2. The summed E-state index contributed by atoms with van der Waals surface area (Å²) in [4.78, 5) is 44.2. The number of carbonyl (C=O) groups is 3. The van der Waals surface area contributed by atoms with E-state index < -0.39 is 29.9 Å². The van der Waals surface area contributed by atoms with E-state index in [1.807, 2.05) is 35.8 Å². The lowest BCUT2D eigenvalue weighted by Gasteiger charge is -2.22. The Bertz CT molecular complexity index is 1240. The Balaban J connectivity index is 1.49. The third-order valence-electron chi connectivity index (χ3n) is 6.02. The minimum atomic E-state index is -1.28. The number of imide groups is 1. The van der Waals surface area contributed by atoms with Crippen LogP contribution < -0.4 is 15.4 Å². The van der Waals surface area contributed by atoms with Crippen LogP contribution in [-0.4, -0.2) is 59.2 Å². The van der Waals surface area contributed by atoms with Gasteiger partial charge in [0.05, 0.1) is 18.1 Å². The minimum absolute atomic E-state index is 0.359. The highest BCUT2D eigenvalue weighted by atomic mass is 16.5. The summed E-state index contributed by atoms with van der Waals surface area (Å²) in [6, 6.07) is 13.8. The monoisotopic (exact) mass is 479 g/mol. The molecule has 0 aliphatic carbocycles. The van der Waals surface area contributed by atoms with Crippen LogP contribution in [0.3, 0.4) is 0 Å². The Kier molecular flexibility index (Phi) is 7.02. The van der Waals surface area contributed by atoms with E-state index in [1.54, 1.807) is 38.3 Å². The Labute approximate surface area is 203 Å². The topological polar surface area (TPSA) is 115 Å². The van der Waals surface area contributed by atoms with Crippen molar-refractivity contribution in [3.8, 4) is 5.75 Å². The molecular weight excluding hydrogens is 450 g/mol. The van der Waals surface area contributed by atoms with E-state index in [2.05, 4.69) is 15.6 Å². The molecule has 10 heteroatoms. The molecule has 35 heavy (non-hydrogen) atoms. The quantitative estimate of drug-likeness (QED) is 0.341. The molecule has 1 atom stereocenters. The summed E-state index contributed by atoms with van der Waals surface area (Å²) in [7, 11) is 1.55. The standard InChI is InChI=1S/C25H29N5O5/c1-4-35-15-7-14-29-20-9-6-5-8-19(20)26-23(29)27-21(31)16-30-22(32)25(2,28-24(30)33)17-10-12-18(34-3)13-11-17/h5-6,8-13H,4,7,14-16H2,1-3H3,(H,28,33)(H,26,27,31). The van der Waals surface area contributed by atoms with Crippen LogP contribution in [0.15, 0.2) is 48.5 Å². The third kappa shape index (κ3) is 4.83. The SMILES string of the molecule is CCOCCCn1c(NC(=O)CN2C(=O)NC(C)(c3ccc(OC)cc3)C2=O)nc2ccccc21. The lowest BCUT2D eigenvalue weighted by Crippen LogP contribution is -2.42. The molecule has 0 radical (unpaired) electrons. The minimum Gasteiger partial charge on any atom is -0.497 e. The number of urea groups is 1. The van der Waals surface area contributed by atoms with Gasteiger partial charge < -0.3 is 19.4 Å². The van der Waals surface area contributed by atoms with Crippen molar-refractivity contribution in [2.24, 2.45) is 0 Å². The van der Waals surface area contributed by atoms with Crippen molar-refractivity contribution in [3.63, 3.8) is 0 Å². The number of methoxy groups -OCH3 is 1. The maximum absolute atomic E-state index is 13.2. The van der Waals surface area contributed by atoms with Crippen molar-refractivity contribution in [2.75, 3.05) is 32.2 Å². The Morgan fingerprint density at radius 2 is 1.89 bits per heavy atom. The zero-order chi connectivity index (χ0) is 25.0. The number of amides is 4. The molecule has 2 aromatic carbocycles. The van der Waals surface area contributed by atoms with Gasteiger partial charge in [0.15, 0.2) is 0 Å². The first-order valence-electron chi connectivity index (χ1n) is 11.5. The van der Waals surface area contributed by atoms with E-state index in [1.165, 1.54) is 0 Å². The summed E-state index contributed by atoms with van der Waals surface area (Å²) in [6.07, 6.45) is 0.740. The van der Waals surface area contributed by atoms with Crippen LogP contribution in [0.4, 0.5) is 10.7 Å². The normalized spacial score (nSPS) is 17.6. The molecule has 4 rings (SSSR count). The van der Waals surface area contributed by atoms with E-state index in [0.29, 0.717) is 37.0 Å². The van der Waals surface area contributed by atoms with Crippen molar-refractivity contribution in [1.29, 1.82) is 0 Å². The number of nitrogens with zero attached hydrogens (tertiary/aromatic N) is 3. The largest absolute Gasteiger partial charge is 0.497 e. The smallest absolute Gasteiger partial charge is 0.325 e. The van der Waals surface area contributed by atoms with E-state index in [9.17, 15) is 14.4 Å². The Morgan fingerprint density at radius 3 is 2.60 bits per heavy atom. The molecule has 1 aliphatic heterocycles. The number of imidazole rings is 1. The number of ether oxygens (including phenoxy) is 2. The van der Waals surface area contributed by atoms with Crippen molar-refractivity contribution >= 4 is 34.8 Å². The first-order chi connectivity index (χ1) is 16.9. The first kappa shape index (κ1) is 24.2. The molecule has 2 heterocycles. The molecule has 0 saturated carbocycles. The number of hydrogen-bond acceptors (Lipinski definition) is 6. The highest BCUT2D eigenvalue weighted by Crippen LogP contribution is 2.30. The van der Waals surface area contributed by atoms with Crippen molar-refractivity contribution < 1.29 is 23.9 Å². The molecule has 1 aromatic heterocycles. The van der Waals surface area contributed by atoms with Crippen LogP contribution in [0, 0.1) is 0 Å². The highest BCUT2D eigenvalue weighted by molar-refractivity contribution is 6.10. The second-order valence-corrected chi connectivity index (χ2v) is 8.35. The van der Waals surface area contributed by atoms with Crippen LogP contribution in [0.25, 0.3) is 11.0 Å². The molecule has 3 aromatic rings. The molecule has 10 nitrogen and oxygen atoms in total. The predicted molar refractivity (Wildman–Crippen MR) is 130 cm³/mol. The number of aromatic nitrogens is 2. The number of fused-ring (bicyclic) bond motifs is 1. The second-order valence-electron chi connectivity index (χ2n) is 8.35. The van der Waals surface area contributed by atoms with Gasteiger partial charge in [0.25, 0.3) is 5.91 Å². The van der Waals surface area contributed by atoms with Gasteiger partial charge in [0, 0.05) is 19.8 Å². The molecule has 1 aliphatic rings. The van der Waals surface area contributed by atoms with Crippen molar-refractivity contribution in [2.45, 2.75) is 32.4 Å². The van der Waals surface area contributed by atoms with Gasteiger partial charge >= 0.3 is 6.03 Å². The maximum atomic E-state index is 13.2. The number of carbonyl (C=O) groups excluding carboxylic acids is 3. The van der Waals surface area contributed by atoms with E-state index in [0.717, 1.165) is 22.4 Å². The molecule has 4 amide bonds. The molecule has 0 bridgehead atoms. The van der Waals surface area contributed by atoms with Crippen LogP contribution in [0.1, 0.15) is 25.8 Å². The summed E-state index contributed by atoms with van der Waals surface area (Å²) in [5.74, 6) is -0.0333. The fraction of sp³-hybridized carbons (Fsp3) is 0.360. The number of aryl methyl sites for hydroxylation is 1. The Hall–Kier alpha value is -3.92. The van der Waals surface area contributed by atoms with Crippen molar-refractivity contribution in [3.05, 3.63) is 54.1 Å². The average molecular weight is 480 g/mol. The lowest BCUT2D eigenvalue weighted by molar-refractivity contribution is -0.133. The molecule has 1 unspecified atom stereocenters. The molecule has 0 spiro atoms. The van der Waals surface area contributed by atoms with Crippen molar-refractivity contribution in [1.82, 2.24) is 19.8 Å². The van der Waals surface area contributed by atoms with Gasteiger partial charge in [-0.2, -0.15) is 0 Å². The van der Waals surface area contributed by atoms with Crippen LogP contribution in [0.2, 0.25) is 0 Å². The van der Waals surface area contributed by atoms with E-state index >= 15 is 0 Å². The number of benzene rings is 2. The molecule has 2 N–H and O–H groups in total. The van der Waals surface area contributed by atoms with Crippen LogP contribution in [-0.2, 0) is 26.4 Å². The van der Waals surface area contributed by atoms with Gasteiger partial charge in [0.1, 0.15) is 17.8 Å². The predicted octanol–water partition coefficient (Wildman–Crippen LogP) is 2.88. The Morgan fingerprint density at radius 1 is 1.14 bits per heavy atom. The number of hydrogen-bond donors (Lipinski definition) is 2. The molecular formula is C25H29N5O5. The van der Waals surface area contributed by atoms with Crippen LogP contribution in [0.5, 0.6) is 5.75 Å². The lowest BCUT2D eigenvalue weighted by atomic mass is 9.92. The molecule has 184 valence electrons. The number of para-hydroxylation sites is 2. The van der Waals surface area contributed by atoms with Gasteiger partial charge in [-0.3, -0.25) is 19.8 Å². The molecule has 1 saturated heterocycles. The maximum Gasteiger partial charge on any atom is 0.325 e.